The van der Waals surface area contributed by atoms with Crippen LogP contribution in [0.1, 0.15) is 23.7 Å². The first kappa shape index (κ1) is 19.5. The van der Waals surface area contributed by atoms with E-state index in [1.54, 1.807) is 29.8 Å². The first-order valence-electron chi connectivity index (χ1n) is 8.62. The molecule has 7 heteroatoms. The van der Waals surface area contributed by atoms with Gasteiger partial charge in [-0.25, -0.2) is 13.1 Å². The van der Waals surface area contributed by atoms with Crippen molar-refractivity contribution in [1.29, 1.82) is 0 Å². The molecule has 0 aliphatic carbocycles. The fourth-order valence-corrected chi connectivity index (χ4v) is 4.88. The van der Waals surface area contributed by atoms with Crippen LogP contribution in [0.3, 0.4) is 0 Å². The molecular formula is C20H21ClN2O3S. The van der Waals surface area contributed by atoms with Gasteiger partial charge in [0, 0.05) is 11.1 Å². The smallest absolute Gasteiger partial charge is 0.158 e. The molecule has 3 rings (SSSR count). The molecule has 0 unspecified atom stereocenters. The summed E-state index contributed by atoms with van der Waals surface area (Å²) in [4.78, 5) is 0. The third-order valence-corrected chi connectivity index (χ3v) is 6.00. The van der Waals surface area contributed by atoms with Crippen LogP contribution >= 0.6 is 11.6 Å². The van der Waals surface area contributed by atoms with Crippen molar-refractivity contribution < 1.29 is 13.2 Å². The number of benzene rings is 2. The number of rotatable bonds is 7. The summed E-state index contributed by atoms with van der Waals surface area (Å²) < 4.78 is 32.8. The van der Waals surface area contributed by atoms with Crippen molar-refractivity contribution in [3.63, 3.8) is 0 Å². The van der Waals surface area contributed by atoms with Gasteiger partial charge in [0.25, 0.3) is 0 Å². The number of halogens is 1. The molecular weight excluding hydrogens is 384 g/mol. The maximum atomic E-state index is 12.8. The molecule has 2 aromatic carbocycles. The van der Waals surface area contributed by atoms with Gasteiger partial charge in [0.1, 0.15) is 10.9 Å². The van der Waals surface area contributed by atoms with E-state index >= 15 is 0 Å². The first-order chi connectivity index (χ1) is 12.9. The Morgan fingerprint density at radius 1 is 1.04 bits per heavy atom. The molecule has 0 aliphatic heterocycles. The van der Waals surface area contributed by atoms with E-state index < -0.39 is 9.84 Å². The summed E-state index contributed by atoms with van der Waals surface area (Å²) in [6.45, 7) is 4.11. The number of sulfone groups is 1. The van der Waals surface area contributed by atoms with Gasteiger partial charge >= 0.3 is 0 Å². The average Bonchev–Trinajstić information content (AvgIpc) is 2.92. The average molecular weight is 405 g/mol. The first-order valence-corrected chi connectivity index (χ1v) is 10.8. The van der Waals surface area contributed by atoms with Gasteiger partial charge < -0.3 is 4.74 Å². The Hall–Kier alpha value is -2.31. The lowest BCUT2D eigenvalue weighted by Gasteiger charge is -2.10. The second kappa shape index (κ2) is 8.15. The molecule has 0 fully saturated rings. The van der Waals surface area contributed by atoms with Crippen LogP contribution in [0.5, 0.6) is 5.75 Å². The largest absolute Gasteiger partial charge is 0.494 e. The van der Waals surface area contributed by atoms with Crippen molar-refractivity contribution in [2.24, 2.45) is 0 Å². The zero-order chi connectivity index (χ0) is 19.4. The highest BCUT2D eigenvalue weighted by atomic mass is 35.5. The Morgan fingerprint density at radius 2 is 1.70 bits per heavy atom. The van der Waals surface area contributed by atoms with Gasteiger partial charge in [0.15, 0.2) is 9.84 Å². The molecule has 5 nitrogen and oxygen atoms in total. The minimum Gasteiger partial charge on any atom is -0.494 e. The predicted octanol–water partition coefficient (Wildman–Crippen LogP) is 4.35. The van der Waals surface area contributed by atoms with Gasteiger partial charge in [-0.2, -0.15) is 5.10 Å². The Labute approximate surface area is 164 Å². The molecule has 0 N–H and O–H groups in total. The summed E-state index contributed by atoms with van der Waals surface area (Å²) in [5, 5.41) is 4.73. The van der Waals surface area contributed by atoms with Gasteiger partial charge in [0.2, 0.25) is 0 Å². The fourth-order valence-electron chi connectivity index (χ4n) is 2.86. The highest BCUT2D eigenvalue weighted by Gasteiger charge is 2.22. The van der Waals surface area contributed by atoms with E-state index in [-0.39, 0.29) is 11.5 Å². The molecule has 142 valence electrons. The second-order valence-corrected chi connectivity index (χ2v) is 8.60. The summed E-state index contributed by atoms with van der Waals surface area (Å²) in [6, 6.07) is 16.6. The predicted molar refractivity (Wildman–Crippen MR) is 107 cm³/mol. The summed E-state index contributed by atoms with van der Waals surface area (Å²) in [5.74, 6) is 0.298. The van der Waals surface area contributed by atoms with Crippen LogP contribution in [0.15, 0.2) is 54.6 Å². The standard InChI is InChI=1S/C20H21ClN2O3S/c1-3-26-19-12-8-7-9-16(19)13-27(24,25)14-18-15(2)22-23(20(18)21)17-10-5-4-6-11-17/h4-12H,3,13-14H2,1-2H3. The maximum absolute atomic E-state index is 12.8. The number of para-hydroxylation sites is 2. The molecule has 0 aliphatic rings. The second-order valence-electron chi connectivity index (χ2n) is 6.18. The quantitative estimate of drug-likeness (QED) is 0.587. The van der Waals surface area contributed by atoms with E-state index in [1.807, 2.05) is 43.3 Å². The summed E-state index contributed by atoms with van der Waals surface area (Å²) in [7, 11) is -3.46. The lowest BCUT2D eigenvalue weighted by atomic mass is 10.2. The van der Waals surface area contributed by atoms with Crippen molar-refractivity contribution in [1.82, 2.24) is 9.78 Å². The Morgan fingerprint density at radius 3 is 2.41 bits per heavy atom. The Kier molecular flexibility index (Phi) is 5.87. The minimum atomic E-state index is -3.46. The molecule has 1 aromatic heterocycles. The maximum Gasteiger partial charge on any atom is 0.158 e. The third-order valence-electron chi connectivity index (χ3n) is 4.13. The van der Waals surface area contributed by atoms with E-state index in [0.29, 0.717) is 34.3 Å². The number of nitrogens with zero attached hydrogens (tertiary/aromatic N) is 2. The molecule has 0 radical (unpaired) electrons. The zero-order valence-corrected chi connectivity index (χ0v) is 16.8. The van der Waals surface area contributed by atoms with Crippen LogP contribution < -0.4 is 4.74 Å². The van der Waals surface area contributed by atoms with Crippen LogP contribution in [-0.2, 0) is 21.3 Å². The Bertz CT molecular complexity index is 1030. The number of aryl methyl sites for hydroxylation is 1. The number of ether oxygens (including phenoxy) is 1. The lowest BCUT2D eigenvalue weighted by molar-refractivity contribution is 0.337. The Balaban J connectivity index is 1.88. The van der Waals surface area contributed by atoms with Gasteiger partial charge in [-0.05, 0) is 32.0 Å². The molecule has 0 atom stereocenters. The van der Waals surface area contributed by atoms with Crippen molar-refractivity contribution >= 4 is 21.4 Å². The molecule has 0 bridgehead atoms. The van der Waals surface area contributed by atoms with Crippen molar-refractivity contribution in [3.05, 3.63) is 76.6 Å². The zero-order valence-electron chi connectivity index (χ0n) is 15.2. The molecule has 3 aromatic rings. The van der Waals surface area contributed by atoms with Crippen LogP contribution in [0, 0.1) is 6.92 Å². The van der Waals surface area contributed by atoms with E-state index in [4.69, 9.17) is 16.3 Å². The van der Waals surface area contributed by atoms with E-state index in [0.717, 1.165) is 5.69 Å². The van der Waals surface area contributed by atoms with Crippen molar-refractivity contribution in [2.75, 3.05) is 6.61 Å². The van der Waals surface area contributed by atoms with Gasteiger partial charge in [0.05, 0.1) is 29.5 Å². The van der Waals surface area contributed by atoms with Crippen LogP contribution in [0.2, 0.25) is 5.15 Å². The molecule has 27 heavy (non-hydrogen) atoms. The summed E-state index contributed by atoms with van der Waals surface area (Å²) >= 11 is 6.47. The normalized spacial score (nSPS) is 11.5. The number of hydrogen-bond acceptors (Lipinski definition) is 4. The van der Waals surface area contributed by atoms with Crippen molar-refractivity contribution in [3.8, 4) is 11.4 Å². The third kappa shape index (κ3) is 4.51. The van der Waals surface area contributed by atoms with E-state index in [1.165, 1.54) is 0 Å². The number of aromatic nitrogens is 2. The molecule has 0 spiro atoms. The molecule has 0 saturated carbocycles. The monoisotopic (exact) mass is 404 g/mol. The summed E-state index contributed by atoms with van der Waals surface area (Å²) in [5.41, 5.74) is 2.56. The van der Waals surface area contributed by atoms with E-state index in [9.17, 15) is 8.42 Å². The molecule has 0 amide bonds. The fraction of sp³-hybridized carbons (Fsp3) is 0.250. The minimum absolute atomic E-state index is 0.116. The van der Waals surface area contributed by atoms with Gasteiger partial charge in [-0.3, -0.25) is 0 Å². The van der Waals surface area contributed by atoms with E-state index in [2.05, 4.69) is 5.10 Å². The SMILES string of the molecule is CCOc1ccccc1CS(=O)(=O)Cc1c(C)nn(-c2ccccc2)c1Cl. The van der Waals surface area contributed by atoms with Crippen LogP contribution in [0.25, 0.3) is 5.69 Å². The molecule has 1 heterocycles. The number of hydrogen-bond donors (Lipinski definition) is 0. The van der Waals surface area contributed by atoms with Gasteiger partial charge in [-0.15, -0.1) is 0 Å². The highest BCUT2D eigenvalue weighted by Crippen LogP contribution is 2.28. The van der Waals surface area contributed by atoms with Crippen molar-refractivity contribution in [2.45, 2.75) is 25.4 Å². The molecule has 0 saturated heterocycles. The van der Waals surface area contributed by atoms with Gasteiger partial charge in [-0.1, -0.05) is 48.0 Å². The van der Waals surface area contributed by atoms with Crippen LogP contribution in [-0.4, -0.2) is 24.8 Å². The topological polar surface area (TPSA) is 61.2 Å². The highest BCUT2D eigenvalue weighted by molar-refractivity contribution is 7.89. The summed E-state index contributed by atoms with van der Waals surface area (Å²) in [6.07, 6.45) is 0. The van der Waals surface area contributed by atoms with Crippen LogP contribution in [0.4, 0.5) is 0 Å². The lowest BCUT2D eigenvalue weighted by Crippen LogP contribution is -2.10.